The zero-order valence-corrected chi connectivity index (χ0v) is 17.6. The van der Waals surface area contributed by atoms with Crippen LogP contribution >= 0.6 is 0 Å². The molecule has 160 valence electrons. The van der Waals surface area contributed by atoms with Gasteiger partial charge in [-0.15, -0.1) is 0 Å². The molecular formula is C21H29N7O2. The number of aryl methyl sites for hydroxylation is 2. The molecule has 0 radical (unpaired) electrons. The largest absolute Gasteiger partial charge is 0.378 e. The third kappa shape index (κ3) is 4.96. The number of anilines is 3. The zero-order chi connectivity index (χ0) is 20.9. The fraction of sp³-hybridized carbons (Fsp3) is 0.524. The average Bonchev–Trinajstić information content (AvgIpc) is 3.30. The second kappa shape index (κ2) is 9.25. The van der Waals surface area contributed by atoms with Crippen molar-refractivity contribution in [3.63, 3.8) is 0 Å². The molecule has 2 aliphatic rings. The van der Waals surface area contributed by atoms with Gasteiger partial charge in [0, 0.05) is 31.9 Å². The number of morpholine rings is 1. The number of ether oxygens (including phenoxy) is 1. The van der Waals surface area contributed by atoms with E-state index in [1.165, 1.54) is 5.56 Å². The van der Waals surface area contributed by atoms with Crippen LogP contribution in [0.3, 0.4) is 0 Å². The van der Waals surface area contributed by atoms with Gasteiger partial charge in [-0.3, -0.25) is 0 Å². The van der Waals surface area contributed by atoms with E-state index in [1.54, 1.807) is 0 Å². The molecular weight excluding hydrogens is 382 g/mol. The van der Waals surface area contributed by atoms with Crippen molar-refractivity contribution >= 4 is 23.6 Å². The summed E-state index contributed by atoms with van der Waals surface area (Å²) >= 11 is 0. The van der Waals surface area contributed by atoms with Crippen LogP contribution in [0, 0.1) is 13.8 Å². The first-order valence-electron chi connectivity index (χ1n) is 10.5. The molecule has 30 heavy (non-hydrogen) atoms. The van der Waals surface area contributed by atoms with E-state index in [0.717, 1.165) is 50.3 Å². The summed E-state index contributed by atoms with van der Waals surface area (Å²) in [6, 6.07) is 5.56. The number of nitrogens with zero attached hydrogens (tertiary/aromatic N) is 5. The highest BCUT2D eigenvalue weighted by Gasteiger charge is 2.21. The Morgan fingerprint density at radius 2 is 1.63 bits per heavy atom. The monoisotopic (exact) mass is 411 g/mol. The Morgan fingerprint density at radius 3 is 2.30 bits per heavy atom. The number of hydrogen-bond acceptors (Lipinski definition) is 7. The Hall–Kier alpha value is -2.94. The Kier molecular flexibility index (Phi) is 6.27. The molecule has 0 atom stereocenters. The van der Waals surface area contributed by atoms with Gasteiger partial charge in [-0.05, 0) is 49.9 Å². The van der Waals surface area contributed by atoms with Crippen LogP contribution in [0.15, 0.2) is 18.2 Å². The topological polar surface area (TPSA) is 95.5 Å². The number of carbonyl (C=O) groups excluding carboxylic acids is 1. The van der Waals surface area contributed by atoms with Gasteiger partial charge in [0.2, 0.25) is 11.9 Å². The summed E-state index contributed by atoms with van der Waals surface area (Å²) in [5.74, 6) is 1.90. The van der Waals surface area contributed by atoms with Crippen molar-refractivity contribution in [3.8, 4) is 0 Å². The highest BCUT2D eigenvalue weighted by atomic mass is 16.5. The van der Waals surface area contributed by atoms with Gasteiger partial charge >= 0.3 is 6.03 Å². The number of rotatable bonds is 5. The summed E-state index contributed by atoms with van der Waals surface area (Å²) in [7, 11) is 0. The lowest BCUT2D eigenvalue weighted by Gasteiger charge is -2.28. The highest BCUT2D eigenvalue weighted by molar-refractivity contribution is 5.89. The smallest absolute Gasteiger partial charge is 0.319 e. The maximum absolute atomic E-state index is 12.4. The van der Waals surface area contributed by atoms with Crippen LogP contribution < -0.4 is 20.4 Å². The number of carbonyl (C=O) groups is 1. The third-order valence-electron chi connectivity index (χ3n) is 5.51. The second-order valence-corrected chi connectivity index (χ2v) is 7.75. The molecule has 2 aromatic rings. The van der Waals surface area contributed by atoms with Crippen LogP contribution in [-0.2, 0) is 11.3 Å². The fourth-order valence-corrected chi connectivity index (χ4v) is 3.59. The van der Waals surface area contributed by atoms with E-state index < -0.39 is 0 Å². The molecule has 2 amide bonds. The summed E-state index contributed by atoms with van der Waals surface area (Å²) < 4.78 is 5.44. The van der Waals surface area contributed by atoms with Crippen molar-refractivity contribution in [2.45, 2.75) is 33.2 Å². The molecule has 4 rings (SSSR count). The van der Waals surface area contributed by atoms with Gasteiger partial charge in [-0.2, -0.15) is 15.0 Å². The van der Waals surface area contributed by atoms with Crippen LogP contribution in [0.5, 0.6) is 0 Å². The molecule has 3 heterocycles. The minimum atomic E-state index is -0.283. The SMILES string of the molecule is Cc1ccc(NC(=O)NCc2nc(N3CCCC3)nc(N3CCOCC3)n2)cc1C. The quantitative estimate of drug-likeness (QED) is 0.779. The van der Waals surface area contributed by atoms with Gasteiger partial charge in [0.15, 0.2) is 5.82 Å². The molecule has 0 saturated carbocycles. The van der Waals surface area contributed by atoms with Gasteiger partial charge in [-0.25, -0.2) is 4.79 Å². The van der Waals surface area contributed by atoms with E-state index in [-0.39, 0.29) is 12.6 Å². The Balaban J connectivity index is 1.45. The number of aromatic nitrogens is 3. The van der Waals surface area contributed by atoms with Gasteiger partial charge in [0.05, 0.1) is 19.8 Å². The maximum Gasteiger partial charge on any atom is 0.319 e. The second-order valence-electron chi connectivity index (χ2n) is 7.75. The lowest BCUT2D eigenvalue weighted by Crippen LogP contribution is -2.38. The van der Waals surface area contributed by atoms with Crippen LogP contribution in [0.25, 0.3) is 0 Å². The van der Waals surface area contributed by atoms with Crippen LogP contribution in [-0.4, -0.2) is 60.4 Å². The van der Waals surface area contributed by atoms with Crippen LogP contribution in [0.1, 0.15) is 29.8 Å². The minimum Gasteiger partial charge on any atom is -0.378 e. The van der Waals surface area contributed by atoms with E-state index in [9.17, 15) is 4.79 Å². The number of urea groups is 1. The molecule has 9 heteroatoms. The molecule has 0 aliphatic carbocycles. The maximum atomic E-state index is 12.4. The summed E-state index contributed by atoms with van der Waals surface area (Å²) in [4.78, 5) is 30.6. The molecule has 0 spiro atoms. The lowest BCUT2D eigenvalue weighted by atomic mass is 10.1. The number of hydrogen-bond donors (Lipinski definition) is 2. The number of benzene rings is 1. The Bertz CT molecular complexity index is 893. The minimum absolute atomic E-state index is 0.234. The molecule has 2 saturated heterocycles. The Morgan fingerprint density at radius 1 is 0.967 bits per heavy atom. The van der Waals surface area contributed by atoms with Crippen molar-refractivity contribution in [1.29, 1.82) is 0 Å². The summed E-state index contributed by atoms with van der Waals surface area (Å²) in [6.45, 7) is 9.04. The van der Waals surface area contributed by atoms with Gasteiger partial charge in [0.25, 0.3) is 0 Å². The van der Waals surface area contributed by atoms with E-state index >= 15 is 0 Å². The van der Waals surface area contributed by atoms with Crippen LogP contribution in [0.4, 0.5) is 22.4 Å². The van der Waals surface area contributed by atoms with Gasteiger partial charge in [-0.1, -0.05) is 6.07 Å². The molecule has 0 unspecified atom stereocenters. The first-order chi connectivity index (χ1) is 14.6. The zero-order valence-electron chi connectivity index (χ0n) is 17.6. The van der Waals surface area contributed by atoms with Crippen molar-refractivity contribution in [1.82, 2.24) is 20.3 Å². The molecule has 9 nitrogen and oxygen atoms in total. The molecule has 0 bridgehead atoms. The lowest BCUT2D eigenvalue weighted by molar-refractivity contribution is 0.122. The van der Waals surface area contributed by atoms with E-state index in [1.807, 2.05) is 32.0 Å². The molecule has 1 aromatic heterocycles. The standard InChI is InChI=1S/C21H29N7O2/c1-15-5-6-17(13-16(15)2)23-21(29)22-14-18-24-19(27-7-3-4-8-27)26-20(25-18)28-9-11-30-12-10-28/h5-6,13H,3-4,7-12,14H2,1-2H3,(H2,22,23,29). The van der Waals surface area contributed by atoms with Crippen molar-refractivity contribution in [2.24, 2.45) is 0 Å². The van der Waals surface area contributed by atoms with Gasteiger partial charge in [0.1, 0.15) is 0 Å². The predicted octanol–water partition coefficient (Wildman–Crippen LogP) is 2.25. The normalized spacial score (nSPS) is 16.6. The molecule has 2 N–H and O–H groups in total. The summed E-state index contributed by atoms with van der Waals surface area (Å²) in [6.07, 6.45) is 2.29. The molecule has 1 aromatic carbocycles. The van der Waals surface area contributed by atoms with Crippen molar-refractivity contribution < 1.29 is 9.53 Å². The summed E-state index contributed by atoms with van der Waals surface area (Å²) in [5.41, 5.74) is 3.09. The fourth-order valence-electron chi connectivity index (χ4n) is 3.59. The first kappa shape index (κ1) is 20.3. The molecule has 2 aliphatic heterocycles. The van der Waals surface area contributed by atoms with Gasteiger partial charge < -0.3 is 25.2 Å². The Labute approximate surface area is 176 Å². The predicted molar refractivity (Wildman–Crippen MR) is 116 cm³/mol. The summed E-state index contributed by atoms with van der Waals surface area (Å²) in [5, 5.41) is 5.73. The third-order valence-corrected chi connectivity index (χ3v) is 5.51. The first-order valence-corrected chi connectivity index (χ1v) is 10.5. The van der Waals surface area contributed by atoms with Crippen molar-refractivity contribution in [3.05, 3.63) is 35.2 Å². The molecule has 2 fully saturated rings. The van der Waals surface area contributed by atoms with Crippen molar-refractivity contribution in [2.75, 3.05) is 54.5 Å². The van der Waals surface area contributed by atoms with E-state index in [0.29, 0.717) is 30.9 Å². The highest BCUT2D eigenvalue weighted by Crippen LogP contribution is 2.19. The van der Waals surface area contributed by atoms with E-state index in [2.05, 4.69) is 30.4 Å². The van der Waals surface area contributed by atoms with E-state index in [4.69, 9.17) is 9.72 Å². The number of amides is 2. The average molecular weight is 412 g/mol. The number of nitrogens with one attached hydrogen (secondary N) is 2. The van der Waals surface area contributed by atoms with Crippen LogP contribution in [0.2, 0.25) is 0 Å².